The molecule has 0 spiro atoms. The second-order valence-electron chi connectivity index (χ2n) is 10.1. The summed E-state index contributed by atoms with van der Waals surface area (Å²) in [6.45, 7) is 14.1. The lowest BCUT2D eigenvalue weighted by molar-refractivity contribution is -0.0390. The quantitative estimate of drug-likeness (QED) is 0.299. The number of nitrogens with two attached hydrogens (primary N) is 1. The molecule has 0 heterocycles. The van der Waals surface area contributed by atoms with Crippen molar-refractivity contribution < 1.29 is 4.79 Å². The maximum absolute atomic E-state index is 10.7. The molecule has 0 aromatic heterocycles. The fraction of sp³-hybridized carbons (Fsp3) is 0.750. The molecule has 2 aliphatic carbocycles. The topological polar surface area (TPSA) is 67.5 Å². The molecule has 0 radical (unpaired) electrons. The van der Waals surface area contributed by atoms with Crippen LogP contribution in [0, 0.1) is 22.7 Å². The minimum atomic E-state index is -0.611. The first-order chi connectivity index (χ1) is 13.1. The number of carbonyl (C=O) groups excluding carboxylic acids is 1. The summed E-state index contributed by atoms with van der Waals surface area (Å²) in [7, 11) is 0. The second kappa shape index (κ2) is 9.28. The van der Waals surface area contributed by atoms with Crippen LogP contribution in [0.5, 0.6) is 0 Å². The monoisotopic (exact) mass is 387 g/mol. The highest BCUT2D eigenvalue weighted by Crippen LogP contribution is 2.60. The number of allylic oxidation sites excluding steroid dienone is 4. The van der Waals surface area contributed by atoms with Gasteiger partial charge in [0.25, 0.3) is 0 Å². The van der Waals surface area contributed by atoms with E-state index in [9.17, 15) is 4.79 Å². The molecule has 0 bridgehead atoms. The van der Waals surface area contributed by atoms with Gasteiger partial charge in [0.1, 0.15) is 0 Å². The van der Waals surface area contributed by atoms with Gasteiger partial charge in [0.15, 0.2) is 0 Å². The molecular formula is C24H41N3O. The minimum absolute atomic E-state index is 0.449. The van der Waals surface area contributed by atoms with E-state index < -0.39 is 6.03 Å². The number of rotatable bonds is 7. The predicted molar refractivity (Wildman–Crippen MR) is 119 cm³/mol. The van der Waals surface area contributed by atoms with E-state index in [1.807, 2.05) is 6.92 Å². The number of primary amides is 1. The molecule has 2 aliphatic rings. The van der Waals surface area contributed by atoms with Gasteiger partial charge in [-0.15, -0.1) is 0 Å². The SMILES string of the molecule is CC1=CC[C@@H]2C(C)(C)CCC[C@]2(C)[C@@H]1CC/C(C)=C/CC/C(C)=N/NC(N)=O. The lowest BCUT2D eigenvalue weighted by atomic mass is 9.48. The van der Waals surface area contributed by atoms with Crippen molar-refractivity contribution in [2.75, 3.05) is 0 Å². The van der Waals surface area contributed by atoms with Crippen molar-refractivity contribution in [1.82, 2.24) is 5.43 Å². The molecule has 28 heavy (non-hydrogen) atoms. The number of hydrogen-bond acceptors (Lipinski definition) is 2. The third-order valence-corrected chi connectivity index (χ3v) is 7.48. The first-order valence-corrected chi connectivity index (χ1v) is 11.0. The van der Waals surface area contributed by atoms with Crippen LogP contribution in [0.2, 0.25) is 0 Å². The number of hydrazone groups is 1. The Hall–Kier alpha value is -1.58. The maximum Gasteiger partial charge on any atom is 0.332 e. The molecular weight excluding hydrogens is 346 g/mol. The van der Waals surface area contributed by atoms with E-state index in [0.717, 1.165) is 30.9 Å². The van der Waals surface area contributed by atoms with Crippen LogP contribution in [0.4, 0.5) is 4.79 Å². The molecule has 4 heteroatoms. The number of nitrogens with zero attached hydrogens (tertiary/aromatic N) is 1. The molecule has 1 saturated carbocycles. The molecule has 2 amide bonds. The summed E-state index contributed by atoms with van der Waals surface area (Å²) in [4.78, 5) is 10.7. The fourth-order valence-electron chi connectivity index (χ4n) is 5.90. The Labute approximate surface area is 172 Å². The van der Waals surface area contributed by atoms with Crippen molar-refractivity contribution in [3.63, 3.8) is 0 Å². The minimum Gasteiger partial charge on any atom is -0.350 e. The predicted octanol–water partition coefficient (Wildman–Crippen LogP) is 6.34. The normalized spacial score (nSPS) is 30.4. The summed E-state index contributed by atoms with van der Waals surface area (Å²) in [6.07, 6.45) is 14.5. The molecule has 1 fully saturated rings. The van der Waals surface area contributed by atoms with Crippen LogP contribution in [0.15, 0.2) is 28.4 Å². The van der Waals surface area contributed by atoms with Gasteiger partial charge in [-0.25, -0.2) is 10.2 Å². The van der Waals surface area contributed by atoms with Crippen molar-refractivity contribution in [2.24, 2.45) is 33.5 Å². The Bertz CT molecular complexity index is 659. The van der Waals surface area contributed by atoms with E-state index in [0.29, 0.717) is 16.7 Å². The summed E-state index contributed by atoms with van der Waals surface area (Å²) in [6, 6.07) is -0.611. The lowest BCUT2D eigenvalue weighted by Gasteiger charge is -2.57. The summed E-state index contributed by atoms with van der Waals surface area (Å²) < 4.78 is 0. The summed E-state index contributed by atoms with van der Waals surface area (Å²) in [5.74, 6) is 1.51. The lowest BCUT2D eigenvalue weighted by Crippen LogP contribution is -2.48. The summed E-state index contributed by atoms with van der Waals surface area (Å²) >= 11 is 0. The van der Waals surface area contributed by atoms with Crippen molar-refractivity contribution in [2.45, 2.75) is 92.9 Å². The van der Waals surface area contributed by atoms with Crippen LogP contribution in [0.3, 0.4) is 0 Å². The van der Waals surface area contributed by atoms with Gasteiger partial charge < -0.3 is 5.73 Å². The van der Waals surface area contributed by atoms with Gasteiger partial charge in [0.05, 0.1) is 0 Å². The van der Waals surface area contributed by atoms with Crippen molar-refractivity contribution in [3.05, 3.63) is 23.3 Å². The van der Waals surface area contributed by atoms with Gasteiger partial charge in [0.2, 0.25) is 0 Å². The molecule has 0 saturated heterocycles. The Morgan fingerprint density at radius 1 is 1.29 bits per heavy atom. The fourth-order valence-corrected chi connectivity index (χ4v) is 5.90. The zero-order valence-corrected chi connectivity index (χ0v) is 18.9. The number of hydrogen-bond donors (Lipinski definition) is 2. The standard InChI is InChI=1S/C24H41N3O/c1-17(9-7-10-19(3)26-27-22(25)28)11-13-20-18(2)12-14-21-23(4,5)15-8-16-24(20,21)6/h9,12,20-21H,7-8,10-11,13-16H2,1-6H3,(H3,25,27,28)/b17-9+,26-19+/t20-,21-,24-/m1/s1. The Balaban J connectivity index is 1.95. The highest BCUT2D eigenvalue weighted by atomic mass is 16.2. The van der Waals surface area contributed by atoms with Gasteiger partial charge in [-0.2, -0.15) is 5.10 Å². The Kier molecular flexibility index (Phi) is 7.52. The molecule has 0 aromatic carbocycles. The number of nitrogens with one attached hydrogen (secondary N) is 1. The van der Waals surface area contributed by atoms with Gasteiger partial charge in [-0.1, -0.05) is 50.5 Å². The van der Waals surface area contributed by atoms with Crippen LogP contribution in [0.25, 0.3) is 0 Å². The molecule has 4 nitrogen and oxygen atoms in total. The highest BCUT2D eigenvalue weighted by molar-refractivity contribution is 5.83. The first-order valence-electron chi connectivity index (χ1n) is 11.0. The van der Waals surface area contributed by atoms with E-state index in [4.69, 9.17) is 5.73 Å². The van der Waals surface area contributed by atoms with E-state index in [1.165, 1.54) is 37.7 Å². The van der Waals surface area contributed by atoms with Gasteiger partial charge in [0, 0.05) is 5.71 Å². The number of fused-ring (bicyclic) bond motifs is 1. The average molecular weight is 388 g/mol. The second-order valence-corrected chi connectivity index (χ2v) is 10.1. The van der Waals surface area contributed by atoms with E-state index in [-0.39, 0.29) is 0 Å². The molecule has 0 aromatic rings. The van der Waals surface area contributed by atoms with Crippen molar-refractivity contribution >= 4 is 11.7 Å². The van der Waals surface area contributed by atoms with Gasteiger partial charge >= 0.3 is 6.03 Å². The Morgan fingerprint density at radius 3 is 2.68 bits per heavy atom. The zero-order valence-electron chi connectivity index (χ0n) is 18.9. The molecule has 2 rings (SSSR count). The van der Waals surface area contributed by atoms with Crippen LogP contribution in [-0.2, 0) is 0 Å². The van der Waals surface area contributed by atoms with E-state index >= 15 is 0 Å². The number of carbonyl (C=O) groups is 1. The molecule has 3 N–H and O–H groups in total. The molecule has 0 aliphatic heterocycles. The average Bonchev–Trinajstić information content (AvgIpc) is 2.58. The Morgan fingerprint density at radius 2 is 2.00 bits per heavy atom. The maximum atomic E-state index is 10.7. The molecule has 0 unspecified atom stereocenters. The zero-order chi connectivity index (χ0) is 20.9. The van der Waals surface area contributed by atoms with Crippen molar-refractivity contribution in [3.8, 4) is 0 Å². The van der Waals surface area contributed by atoms with Crippen LogP contribution in [0.1, 0.15) is 92.9 Å². The van der Waals surface area contributed by atoms with Crippen LogP contribution in [-0.4, -0.2) is 11.7 Å². The third-order valence-electron chi connectivity index (χ3n) is 7.48. The molecule has 3 atom stereocenters. The summed E-state index contributed by atoms with van der Waals surface area (Å²) in [5, 5.41) is 3.97. The summed E-state index contributed by atoms with van der Waals surface area (Å²) in [5.41, 5.74) is 12.2. The largest absolute Gasteiger partial charge is 0.350 e. The number of amides is 2. The smallest absolute Gasteiger partial charge is 0.332 e. The first kappa shape index (κ1) is 22.7. The van der Waals surface area contributed by atoms with Crippen LogP contribution < -0.4 is 11.2 Å². The van der Waals surface area contributed by atoms with Crippen molar-refractivity contribution in [1.29, 1.82) is 0 Å². The van der Waals surface area contributed by atoms with Crippen LogP contribution >= 0.6 is 0 Å². The third kappa shape index (κ3) is 5.48. The molecule has 158 valence electrons. The highest BCUT2D eigenvalue weighted by Gasteiger charge is 2.51. The van der Waals surface area contributed by atoms with E-state index in [2.05, 4.69) is 57.3 Å². The van der Waals surface area contributed by atoms with E-state index in [1.54, 1.807) is 5.57 Å². The van der Waals surface area contributed by atoms with Gasteiger partial charge in [-0.05, 0) is 88.4 Å². The number of urea groups is 1. The van der Waals surface area contributed by atoms with Gasteiger partial charge in [-0.3, -0.25) is 0 Å².